The van der Waals surface area contributed by atoms with Crippen molar-refractivity contribution in [3.05, 3.63) is 65.0 Å². The first-order chi connectivity index (χ1) is 16.1. The van der Waals surface area contributed by atoms with Gasteiger partial charge in [-0.15, -0.1) is 0 Å². The molecule has 2 aliphatic heterocycles. The number of aliphatic hydroxyl groups is 1. The van der Waals surface area contributed by atoms with Crippen LogP contribution in [0.4, 0.5) is 23.2 Å². The van der Waals surface area contributed by atoms with Crippen LogP contribution in [0.1, 0.15) is 11.6 Å². The van der Waals surface area contributed by atoms with Crippen LogP contribution in [0.3, 0.4) is 0 Å². The molecule has 0 unspecified atom stereocenters. The number of fused-ring (bicyclic) bond motifs is 1. The maximum atomic E-state index is 13.6. The van der Waals surface area contributed by atoms with Crippen LogP contribution in [0.5, 0.6) is 0 Å². The van der Waals surface area contributed by atoms with E-state index in [1.165, 1.54) is 32.4 Å². The average molecular weight is 477 g/mol. The van der Waals surface area contributed by atoms with Gasteiger partial charge in [0.1, 0.15) is 5.52 Å². The third-order valence-electron chi connectivity index (χ3n) is 6.14. The summed E-state index contributed by atoms with van der Waals surface area (Å²) in [7, 11) is 0. The van der Waals surface area contributed by atoms with Crippen molar-refractivity contribution in [2.45, 2.75) is 18.3 Å². The average Bonchev–Trinajstić information content (AvgIpc) is 3.02. The molecule has 2 aliphatic rings. The Morgan fingerprint density at radius 1 is 1.09 bits per heavy atom. The second kappa shape index (κ2) is 7.69. The van der Waals surface area contributed by atoms with Crippen LogP contribution in [-0.2, 0) is 11.0 Å². The number of β-amino-alcohol motifs (C(OH)–C–C–N with tert-alkyl or cyclic N) is 1. The van der Waals surface area contributed by atoms with Gasteiger partial charge in [-0.25, -0.2) is 18.7 Å². The van der Waals surface area contributed by atoms with E-state index < -0.39 is 41.3 Å². The van der Waals surface area contributed by atoms with E-state index in [0.29, 0.717) is 24.3 Å². The molecule has 34 heavy (non-hydrogen) atoms. The quantitative estimate of drug-likeness (QED) is 0.461. The lowest BCUT2D eigenvalue weighted by atomic mass is 10.1. The van der Waals surface area contributed by atoms with Gasteiger partial charge in [-0.05, 0) is 30.3 Å². The van der Waals surface area contributed by atoms with E-state index in [2.05, 4.69) is 11.6 Å². The fourth-order valence-corrected chi connectivity index (χ4v) is 4.36. The van der Waals surface area contributed by atoms with Crippen molar-refractivity contribution in [1.29, 1.82) is 0 Å². The lowest BCUT2D eigenvalue weighted by molar-refractivity contribution is -0.137. The van der Waals surface area contributed by atoms with Gasteiger partial charge in [0.05, 0.1) is 29.1 Å². The van der Waals surface area contributed by atoms with E-state index in [1.54, 1.807) is 6.07 Å². The first-order valence-electron chi connectivity index (χ1n) is 10.4. The minimum absolute atomic E-state index is 0.0603. The minimum atomic E-state index is -4.52. The molecule has 0 atom stereocenters. The molecule has 0 radical (unpaired) electrons. The first kappa shape index (κ1) is 22.1. The third kappa shape index (κ3) is 3.45. The smallest absolute Gasteiger partial charge is 0.389 e. The predicted octanol–water partition coefficient (Wildman–Crippen LogP) is 2.25. The van der Waals surface area contributed by atoms with Crippen molar-refractivity contribution < 1.29 is 27.5 Å². The summed E-state index contributed by atoms with van der Waals surface area (Å²) < 4.78 is 55.0. The molecule has 0 saturated carbocycles. The predicted molar refractivity (Wildman–Crippen MR) is 114 cm³/mol. The molecule has 3 aromatic rings. The topological polar surface area (TPSA) is 83.6 Å². The van der Waals surface area contributed by atoms with Gasteiger partial charge in [0.25, 0.3) is 5.91 Å². The van der Waals surface area contributed by atoms with Crippen LogP contribution in [0.15, 0.2) is 53.7 Å². The number of hydrogen-bond acceptors (Lipinski definition) is 5. The standard InChI is InChI=1S/C22H19F4N5O3/c1-12(23)20(33)29-8-15(9-29)30-18-17(28-10-16(32)11-28)6-7-27-19(18)31(21(30)34)14-4-2-13(3-5-14)22(24,25)26/h2-7,15-16,32H,1,8-11H2. The Bertz CT molecular complexity index is 1350. The molecule has 2 fully saturated rings. The zero-order valence-corrected chi connectivity index (χ0v) is 17.7. The zero-order chi connectivity index (χ0) is 24.4. The van der Waals surface area contributed by atoms with Gasteiger partial charge < -0.3 is 14.9 Å². The van der Waals surface area contributed by atoms with Gasteiger partial charge in [-0.1, -0.05) is 6.58 Å². The molecule has 1 amide bonds. The summed E-state index contributed by atoms with van der Waals surface area (Å²) in [5.41, 5.74) is 0.0683. The van der Waals surface area contributed by atoms with Gasteiger partial charge in [0, 0.05) is 32.4 Å². The SMILES string of the molecule is C=C(F)C(=O)N1CC(n2c(=O)n(-c3ccc(C(F)(F)F)cc3)c3nccc(N4CC(O)C4)c32)C1. The minimum Gasteiger partial charge on any atom is -0.389 e. The fraction of sp³-hybridized carbons (Fsp3) is 0.318. The molecular weight excluding hydrogens is 458 g/mol. The molecule has 178 valence electrons. The highest BCUT2D eigenvalue weighted by atomic mass is 19.4. The Labute approximate surface area is 189 Å². The Morgan fingerprint density at radius 3 is 2.29 bits per heavy atom. The molecular formula is C22H19F4N5O3. The van der Waals surface area contributed by atoms with Crippen molar-refractivity contribution in [3.63, 3.8) is 0 Å². The third-order valence-corrected chi connectivity index (χ3v) is 6.14. The molecule has 12 heteroatoms. The molecule has 1 N–H and O–H groups in total. The normalized spacial score (nSPS) is 17.1. The van der Waals surface area contributed by atoms with Crippen LogP contribution in [-0.4, -0.2) is 62.3 Å². The van der Waals surface area contributed by atoms with Gasteiger partial charge in [0.15, 0.2) is 11.5 Å². The van der Waals surface area contributed by atoms with Gasteiger partial charge in [-0.3, -0.25) is 9.36 Å². The number of amides is 1. The number of benzene rings is 1. The lowest BCUT2D eigenvalue weighted by Gasteiger charge is -2.41. The highest BCUT2D eigenvalue weighted by molar-refractivity contribution is 5.92. The van der Waals surface area contributed by atoms with Gasteiger partial charge in [-0.2, -0.15) is 13.2 Å². The molecule has 0 bridgehead atoms. The van der Waals surface area contributed by atoms with Gasteiger partial charge >= 0.3 is 11.9 Å². The Morgan fingerprint density at radius 2 is 1.74 bits per heavy atom. The molecule has 2 aromatic heterocycles. The number of carbonyl (C=O) groups is 1. The number of likely N-dealkylation sites (tertiary alicyclic amines) is 1. The Hall–Kier alpha value is -3.67. The highest BCUT2D eigenvalue weighted by Crippen LogP contribution is 2.34. The number of anilines is 1. The number of alkyl halides is 3. The van der Waals surface area contributed by atoms with E-state index in [9.17, 15) is 32.3 Å². The summed E-state index contributed by atoms with van der Waals surface area (Å²) in [6, 6.07) is 5.35. The van der Waals surface area contributed by atoms with Crippen LogP contribution in [0.2, 0.25) is 0 Å². The number of halogens is 4. The number of carbonyl (C=O) groups excluding carboxylic acids is 1. The highest BCUT2D eigenvalue weighted by Gasteiger charge is 2.38. The van der Waals surface area contributed by atoms with E-state index >= 15 is 0 Å². The number of imidazole rings is 1. The van der Waals surface area contributed by atoms with E-state index in [0.717, 1.165) is 12.1 Å². The summed E-state index contributed by atoms with van der Waals surface area (Å²) in [5.74, 6) is -1.96. The monoisotopic (exact) mass is 477 g/mol. The van der Waals surface area contributed by atoms with E-state index in [4.69, 9.17) is 0 Å². The summed E-state index contributed by atoms with van der Waals surface area (Å²) in [6.45, 7) is 3.81. The Balaban J connectivity index is 1.64. The maximum Gasteiger partial charge on any atom is 0.416 e. The van der Waals surface area contributed by atoms with Crippen molar-refractivity contribution in [2.24, 2.45) is 0 Å². The lowest BCUT2D eigenvalue weighted by Crippen LogP contribution is -2.53. The number of pyridine rings is 1. The van der Waals surface area contributed by atoms with Crippen molar-refractivity contribution in [1.82, 2.24) is 19.0 Å². The molecule has 1 aromatic carbocycles. The van der Waals surface area contributed by atoms with Crippen molar-refractivity contribution in [3.8, 4) is 5.69 Å². The molecule has 0 aliphatic carbocycles. The zero-order valence-electron chi connectivity index (χ0n) is 17.7. The van der Waals surface area contributed by atoms with E-state index in [-0.39, 0.29) is 24.4 Å². The fourth-order valence-electron chi connectivity index (χ4n) is 4.36. The maximum absolute atomic E-state index is 13.6. The van der Waals surface area contributed by atoms with E-state index in [1.807, 2.05) is 4.90 Å². The summed E-state index contributed by atoms with van der Waals surface area (Å²) in [4.78, 5) is 32.8. The number of rotatable bonds is 4. The first-order valence-corrected chi connectivity index (χ1v) is 10.4. The summed E-state index contributed by atoms with van der Waals surface area (Å²) >= 11 is 0. The number of nitrogens with zero attached hydrogens (tertiary/aromatic N) is 5. The van der Waals surface area contributed by atoms with Crippen LogP contribution < -0.4 is 10.6 Å². The second-order valence-electron chi connectivity index (χ2n) is 8.36. The molecule has 0 spiro atoms. The Kier molecular flexibility index (Phi) is 5.01. The molecule has 2 saturated heterocycles. The summed E-state index contributed by atoms with van der Waals surface area (Å²) in [6.07, 6.45) is -3.56. The molecule has 4 heterocycles. The largest absolute Gasteiger partial charge is 0.416 e. The van der Waals surface area contributed by atoms with Crippen LogP contribution >= 0.6 is 0 Å². The van der Waals surface area contributed by atoms with Gasteiger partial charge in [0.2, 0.25) is 0 Å². The van der Waals surface area contributed by atoms with Crippen molar-refractivity contribution in [2.75, 3.05) is 31.1 Å². The van der Waals surface area contributed by atoms with Crippen LogP contribution in [0.25, 0.3) is 16.9 Å². The molecule has 8 nitrogen and oxygen atoms in total. The number of hydrogen-bond donors (Lipinski definition) is 1. The number of aromatic nitrogens is 3. The van der Waals surface area contributed by atoms with Crippen LogP contribution in [0, 0.1) is 0 Å². The summed E-state index contributed by atoms with van der Waals surface area (Å²) in [5, 5.41) is 9.75. The molecule has 5 rings (SSSR count). The second-order valence-corrected chi connectivity index (χ2v) is 8.36. The van der Waals surface area contributed by atoms with Crippen molar-refractivity contribution >= 4 is 22.8 Å². The number of aliphatic hydroxyl groups excluding tert-OH is 1.